The molecular formula is C26H26N4O3. The van der Waals surface area contributed by atoms with Gasteiger partial charge in [0.05, 0.1) is 12.3 Å². The molecule has 33 heavy (non-hydrogen) atoms. The number of hydrogen-bond donors (Lipinski definition) is 1. The summed E-state index contributed by atoms with van der Waals surface area (Å²) >= 11 is 0. The molecule has 7 heteroatoms. The Morgan fingerprint density at radius 3 is 2.21 bits per heavy atom. The number of benzene rings is 2. The number of rotatable bonds is 7. The standard InChI is InChI=1S/C26H26N4O3/c1-18-6-8-20(9-7-18)25-28-29-26(33-25)21-12-10-19(11-13-21)24(31)27-17-22(23-5-4-16-32-23)30-14-2-3-15-30/h4-13,16,22H,2-3,14-15,17H2,1H3,(H,27,31)/t22-/m1/s1. The van der Waals surface area contributed by atoms with Crippen LogP contribution in [0.25, 0.3) is 22.9 Å². The normalized spacial score (nSPS) is 14.9. The van der Waals surface area contributed by atoms with Crippen LogP contribution >= 0.6 is 0 Å². The molecule has 5 rings (SSSR count). The maximum Gasteiger partial charge on any atom is 0.251 e. The van der Waals surface area contributed by atoms with E-state index in [1.54, 1.807) is 18.4 Å². The van der Waals surface area contributed by atoms with Gasteiger partial charge in [0.25, 0.3) is 5.91 Å². The fourth-order valence-corrected chi connectivity index (χ4v) is 4.15. The molecule has 168 valence electrons. The van der Waals surface area contributed by atoms with Crippen LogP contribution in [0.2, 0.25) is 0 Å². The lowest BCUT2D eigenvalue weighted by molar-refractivity contribution is 0.0934. The van der Waals surface area contributed by atoms with Gasteiger partial charge in [-0.3, -0.25) is 9.69 Å². The third-order valence-electron chi connectivity index (χ3n) is 6.03. The molecule has 0 unspecified atom stereocenters. The van der Waals surface area contributed by atoms with E-state index < -0.39 is 0 Å². The minimum absolute atomic E-state index is 0.0457. The molecule has 1 fully saturated rings. The molecule has 1 amide bonds. The van der Waals surface area contributed by atoms with E-state index in [0.717, 1.165) is 30.0 Å². The van der Waals surface area contributed by atoms with E-state index in [2.05, 4.69) is 20.4 Å². The van der Waals surface area contributed by atoms with Crippen molar-refractivity contribution in [2.45, 2.75) is 25.8 Å². The Hall–Kier alpha value is -3.71. The maximum absolute atomic E-state index is 12.8. The minimum Gasteiger partial charge on any atom is -0.468 e. The van der Waals surface area contributed by atoms with E-state index in [9.17, 15) is 4.79 Å². The van der Waals surface area contributed by atoms with Gasteiger partial charge in [-0.2, -0.15) is 0 Å². The Morgan fingerprint density at radius 1 is 0.970 bits per heavy atom. The molecule has 3 heterocycles. The number of aryl methyl sites for hydroxylation is 1. The summed E-state index contributed by atoms with van der Waals surface area (Å²) in [6.07, 6.45) is 4.03. The van der Waals surface area contributed by atoms with Gasteiger partial charge < -0.3 is 14.2 Å². The molecule has 2 aromatic carbocycles. The SMILES string of the molecule is Cc1ccc(-c2nnc(-c3ccc(C(=O)NC[C@H](c4ccco4)N4CCCC4)cc3)o2)cc1. The van der Waals surface area contributed by atoms with Crippen LogP contribution in [0.15, 0.2) is 75.8 Å². The lowest BCUT2D eigenvalue weighted by atomic mass is 10.1. The van der Waals surface area contributed by atoms with Crippen LogP contribution in [-0.4, -0.2) is 40.6 Å². The van der Waals surface area contributed by atoms with E-state index in [1.165, 1.54) is 18.4 Å². The van der Waals surface area contributed by atoms with Crippen LogP contribution in [0.4, 0.5) is 0 Å². The average Bonchev–Trinajstić information content (AvgIpc) is 3.63. The van der Waals surface area contributed by atoms with E-state index >= 15 is 0 Å². The zero-order valence-corrected chi connectivity index (χ0v) is 18.5. The van der Waals surface area contributed by atoms with Crippen LogP contribution in [0.3, 0.4) is 0 Å². The number of nitrogens with one attached hydrogen (secondary N) is 1. The van der Waals surface area contributed by atoms with Gasteiger partial charge >= 0.3 is 0 Å². The molecule has 0 bridgehead atoms. The molecule has 1 saturated heterocycles. The molecule has 1 N–H and O–H groups in total. The van der Waals surface area contributed by atoms with Crippen molar-refractivity contribution in [3.63, 3.8) is 0 Å². The highest BCUT2D eigenvalue weighted by Gasteiger charge is 2.26. The number of hydrogen-bond acceptors (Lipinski definition) is 6. The Bertz CT molecular complexity index is 1190. The van der Waals surface area contributed by atoms with Crippen molar-refractivity contribution in [2.75, 3.05) is 19.6 Å². The van der Waals surface area contributed by atoms with Crippen molar-refractivity contribution in [1.82, 2.24) is 20.4 Å². The highest BCUT2D eigenvalue weighted by molar-refractivity contribution is 5.94. The largest absolute Gasteiger partial charge is 0.468 e. The van der Waals surface area contributed by atoms with Gasteiger partial charge in [-0.05, 0) is 81.4 Å². The summed E-state index contributed by atoms with van der Waals surface area (Å²) < 4.78 is 11.5. The van der Waals surface area contributed by atoms with Crippen molar-refractivity contribution >= 4 is 5.91 Å². The third-order valence-corrected chi connectivity index (χ3v) is 6.03. The summed E-state index contributed by atoms with van der Waals surface area (Å²) in [5.74, 6) is 1.65. The molecular weight excluding hydrogens is 416 g/mol. The van der Waals surface area contributed by atoms with E-state index in [4.69, 9.17) is 8.83 Å². The van der Waals surface area contributed by atoms with Gasteiger partial charge in [0.15, 0.2) is 0 Å². The third kappa shape index (κ3) is 4.73. The topological polar surface area (TPSA) is 84.4 Å². The highest BCUT2D eigenvalue weighted by atomic mass is 16.4. The summed E-state index contributed by atoms with van der Waals surface area (Å²) in [5, 5.41) is 11.4. The number of carbonyl (C=O) groups excluding carboxylic acids is 1. The van der Waals surface area contributed by atoms with Crippen LogP contribution in [0.1, 0.15) is 40.6 Å². The van der Waals surface area contributed by atoms with Crippen molar-refractivity contribution < 1.29 is 13.6 Å². The maximum atomic E-state index is 12.8. The average molecular weight is 443 g/mol. The number of furan rings is 1. The summed E-state index contributed by atoms with van der Waals surface area (Å²) in [7, 11) is 0. The van der Waals surface area contributed by atoms with E-state index in [-0.39, 0.29) is 11.9 Å². The van der Waals surface area contributed by atoms with E-state index in [0.29, 0.717) is 23.9 Å². The molecule has 1 atom stereocenters. The van der Waals surface area contributed by atoms with Gasteiger partial charge in [-0.15, -0.1) is 10.2 Å². The number of aromatic nitrogens is 2. The summed E-state index contributed by atoms with van der Waals surface area (Å²) in [6.45, 7) is 4.57. The second-order valence-electron chi connectivity index (χ2n) is 8.34. The van der Waals surface area contributed by atoms with Crippen LogP contribution < -0.4 is 5.32 Å². The molecule has 0 aliphatic carbocycles. The Labute approximate surface area is 192 Å². The van der Waals surface area contributed by atoms with Crippen molar-refractivity contribution in [1.29, 1.82) is 0 Å². The monoisotopic (exact) mass is 442 g/mol. The smallest absolute Gasteiger partial charge is 0.251 e. The lowest BCUT2D eigenvalue weighted by Crippen LogP contribution is -2.36. The molecule has 1 aliphatic rings. The lowest BCUT2D eigenvalue weighted by Gasteiger charge is -2.26. The van der Waals surface area contributed by atoms with Gasteiger partial charge in [0, 0.05) is 23.2 Å². The fourth-order valence-electron chi connectivity index (χ4n) is 4.15. The number of carbonyl (C=O) groups is 1. The van der Waals surface area contributed by atoms with Gasteiger partial charge in [-0.1, -0.05) is 17.7 Å². The summed E-state index contributed by atoms with van der Waals surface area (Å²) in [6, 6.07) is 19.0. The van der Waals surface area contributed by atoms with Gasteiger partial charge in [-0.25, -0.2) is 0 Å². The van der Waals surface area contributed by atoms with Crippen molar-refractivity contribution in [3.05, 3.63) is 83.8 Å². The highest BCUT2D eigenvalue weighted by Crippen LogP contribution is 2.26. The zero-order chi connectivity index (χ0) is 22.6. The van der Waals surface area contributed by atoms with Crippen molar-refractivity contribution in [3.8, 4) is 22.9 Å². The predicted octanol–water partition coefficient (Wildman–Crippen LogP) is 4.87. The predicted molar refractivity (Wildman–Crippen MR) is 124 cm³/mol. The Morgan fingerprint density at radius 2 is 1.61 bits per heavy atom. The zero-order valence-electron chi connectivity index (χ0n) is 18.5. The second kappa shape index (κ2) is 9.42. The molecule has 0 radical (unpaired) electrons. The molecule has 4 aromatic rings. The van der Waals surface area contributed by atoms with Gasteiger partial charge in [0.2, 0.25) is 11.8 Å². The Balaban J connectivity index is 1.24. The summed E-state index contributed by atoms with van der Waals surface area (Å²) in [5.41, 5.74) is 3.39. The molecule has 0 saturated carbocycles. The summed E-state index contributed by atoms with van der Waals surface area (Å²) in [4.78, 5) is 15.2. The minimum atomic E-state index is -0.122. The number of amides is 1. The Kier molecular flexibility index (Phi) is 6.04. The van der Waals surface area contributed by atoms with Crippen LogP contribution in [0, 0.1) is 6.92 Å². The first-order valence-electron chi connectivity index (χ1n) is 11.2. The van der Waals surface area contributed by atoms with Crippen molar-refractivity contribution in [2.24, 2.45) is 0 Å². The molecule has 2 aromatic heterocycles. The van der Waals surface area contributed by atoms with Crippen LogP contribution in [0.5, 0.6) is 0 Å². The number of nitrogens with zero attached hydrogens (tertiary/aromatic N) is 3. The first-order valence-corrected chi connectivity index (χ1v) is 11.2. The second-order valence-corrected chi connectivity index (χ2v) is 8.34. The molecule has 7 nitrogen and oxygen atoms in total. The molecule has 0 spiro atoms. The van der Waals surface area contributed by atoms with E-state index in [1.807, 2.05) is 55.5 Å². The fraction of sp³-hybridized carbons (Fsp3) is 0.269. The van der Waals surface area contributed by atoms with Gasteiger partial charge in [0.1, 0.15) is 5.76 Å². The molecule has 1 aliphatic heterocycles. The number of likely N-dealkylation sites (tertiary alicyclic amines) is 1. The first kappa shape index (κ1) is 21.2. The quantitative estimate of drug-likeness (QED) is 0.439. The van der Waals surface area contributed by atoms with Crippen LogP contribution in [-0.2, 0) is 0 Å². The first-order chi connectivity index (χ1) is 16.2.